The molecule has 0 bridgehead atoms. The first kappa shape index (κ1) is 13.7. The summed E-state index contributed by atoms with van der Waals surface area (Å²) in [6.45, 7) is 1.82. The number of carbonyl (C=O) groups is 2. The molecule has 0 aliphatic heterocycles. The van der Waals surface area contributed by atoms with Gasteiger partial charge in [0.1, 0.15) is 5.82 Å². The standard InChI is InChI=1S/C15H15N3O2/c1-11(12-7-3-2-4-8-12)17-14(19)15(20)18-13-9-5-6-10-16-13/h2-11H,1H3,(H,17,19)(H,16,18,20)/t11-/m0/s1. The third-order valence-electron chi connectivity index (χ3n) is 2.76. The number of aromatic nitrogens is 1. The van der Waals surface area contributed by atoms with E-state index in [2.05, 4.69) is 15.6 Å². The van der Waals surface area contributed by atoms with Crippen molar-refractivity contribution in [3.8, 4) is 0 Å². The fourth-order valence-corrected chi connectivity index (χ4v) is 1.70. The molecule has 5 heteroatoms. The molecule has 0 fully saturated rings. The first-order valence-corrected chi connectivity index (χ1v) is 6.24. The Morgan fingerprint density at radius 2 is 1.70 bits per heavy atom. The van der Waals surface area contributed by atoms with Gasteiger partial charge in [0.25, 0.3) is 0 Å². The first-order chi connectivity index (χ1) is 9.66. The van der Waals surface area contributed by atoms with Crippen LogP contribution in [0.3, 0.4) is 0 Å². The lowest BCUT2D eigenvalue weighted by molar-refractivity contribution is -0.136. The van der Waals surface area contributed by atoms with Crippen molar-refractivity contribution in [1.29, 1.82) is 0 Å². The van der Waals surface area contributed by atoms with Crippen LogP contribution < -0.4 is 10.6 Å². The summed E-state index contributed by atoms with van der Waals surface area (Å²) in [5.74, 6) is -1.07. The smallest absolute Gasteiger partial charge is 0.314 e. The van der Waals surface area contributed by atoms with E-state index in [0.717, 1.165) is 5.56 Å². The maximum atomic E-state index is 11.8. The normalized spacial score (nSPS) is 11.4. The molecule has 1 aromatic heterocycles. The molecular formula is C15H15N3O2. The average molecular weight is 269 g/mol. The highest BCUT2D eigenvalue weighted by Crippen LogP contribution is 2.10. The second kappa shape index (κ2) is 6.47. The molecule has 1 atom stereocenters. The number of amides is 2. The van der Waals surface area contributed by atoms with Gasteiger partial charge in [-0.15, -0.1) is 0 Å². The van der Waals surface area contributed by atoms with Gasteiger partial charge in [0, 0.05) is 6.20 Å². The second-order valence-electron chi connectivity index (χ2n) is 4.27. The van der Waals surface area contributed by atoms with E-state index in [0.29, 0.717) is 5.82 Å². The molecule has 0 unspecified atom stereocenters. The molecule has 0 aliphatic carbocycles. The van der Waals surface area contributed by atoms with Crippen molar-refractivity contribution in [2.45, 2.75) is 13.0 Å². The zero-order valence-electron chi connectivity index (χ0n) is 11.0. The van der Waals surface area contributed by atoms with Gasteiger partial charge in [0.05, 0.1) is 6.04 Å². The number of rotatable bonds is 3. The molecule has 1 aromatic carbocycles. The lowest BCUT2D eigenvalue weighted by atomic mass is 10.1. The van der Waals surface area contributed by atoms with Crippen LogP contribution in [0, 0.1) is 0 Å². The van der Waals surface area contributed by atoms with Gasteiger partial charge in [-0.1, -0.05) is 36.4 Å². The summed E-state index contributed by atoms with van der Waals surface area (Å²) in [5, 5.41) is 5.07. The van der Waals surface area contributed by atoms with Gasteiger partial charge in [-0.3, -0.25) is 9.59 Å². The van der Waals surface area contributed by atoms with Crippen molar-refractivity contribution in [3.05, 3.63) is 60.3 Å². The average Bonchev–Trinajstić information content (AvgIpc) is 2.49. The molecule has 2 rings (SSSR count). The summed E-state index contributed by atoms with van der Waals surface area (Å²) in [6.07, 6.45) is 1.54. The van der Waals surface area contributed by atoms with Crippen LogP contribution in [0.4, 0.5) is 5.82 Å². The summed E-state index contributed by atoms with van der Waals surface area (Å²) in [6, 6.07) is 14.3. The molecular weight excluding hydrogens is 254 g/mol. The molecule has 20 heavy (non-hydrogen) atoms. The Balaban J connectivity index is 1.93. The molecule has 0 saturated carbocycles. The lowest BCUT2D eigenvalue weighted by Crippen LogP contribution is -2.37. The molecule has 102 valence electrons. The van der Waals surface area contributed by atoms with E-state index in [1.807, 2.05) is 37.3 Å². The predicted molar refractivity (Wildman–Crippen MR) is 75.9 cm³/mol. The summed E-state index contributed by atoms with van der Waals surface area (Å²) >= 11 is 0. The van der Waals surface area contributed by atoms with E-state index >= 15 is 0 Å². The Morgan fingerprint density at radius 3 is 2.35 bits per heavy atom. The second-order valence-corrected chi connectivity index (χ2v) is 4.27. The van der Waals surface area contributed by atoms with Crippen molar-refractivity contribution >= 4 is 17.6 Å². The Morgan fingerprint density at radius 1 is 1.00 bits per heavy atom. The van der Waals surface area contributed by atoms with Crippen molar-refractivity contribution < 1.29 is 9.59 Å². The minimum atomic E-state index is -0.730. The highest BCUT2D eigenvalue weighted by Gasteiger charge is 2.17. The fourth-order valence-electron chi connectivity index (χ4n) is 1.70. The molecule has 0 aliphatic rings. The van der Waals surface area contributed by atoms with Crippen molar-refractivity contribution in [3.63, 3.8) is 0 Å². The maximum absolute atomic E-state index is 11.8. The summed E-state index contributed by atoms with van der Waals surface area (Å²) < 4.78 is 0. The number of hydrogen-bond donors (Lipinski definition) is 2. The molecule has 0 spiro atoms. The third-order valence-corrected chi connectivity index (χ3v) is 2.76. The van der Waals surface area contributed by atoms with E-state index in [1.54, 1.807) is 24.4 Å². The van der Waals surface area contributed by atoms with Crippen LogP contribution >= 0.6 is 0 Å². The van der Waals surface area contributed by atoms with Gasteiger partial charge in [-0.25, -0.2) is 4.98 Å². The van der Waals surface area contributed by atoms with Crippen LogP contribution in [-0.2, 0) is 9.59 Å². The minimum Gasteiger partial charge on any atom is -0.341 e. The predicted octanol–water partition coefficient (Wildman–Crippen LogP) is 1.90. The Labute approximate surface area is 117 Å². The summed E-state index contributed by atoms with van der Waals surface area (Å²) in [4.78, 5) is 27.4. The number of nitrogens with zero attached hydrogens (tertiary/aromatic N) is 1. The number of nitrogens with one attached hydrogen (secondary N) is 2. The van der Waals surface area contributed by atoms with Crippen LogP contribution in [0.5, 0.6) is 0 Å². The van der Waals surface area contributed by atoms with Gasteiger partial charge in [-0.05, 0) is 24.6 Å². The van der Waals surface area contributed by atoms with Crippen LogP contribution in [0.15, 0.2) is 54.7 Å². The Bertz CT molecular complexity index is 585. The topological polar surface area (TPSA) is 71.1 Å². The third kappa shape index (κ3) is 3.65. The number of pyridine rings is 1. The number of carbonyl (C=O) groups excluding carboxylic acids is 2. The number of anilines is 1. The molecule has 2 N–H and O–H groups in total. The zero-order chi connectivity index (χ0) is 14.4. The lowest BCUT2D eigenvalue weighted by Gasteiger charge is -2.13. The molecule has 0 saturated heterocycles. The quantitative estimate of drug-likeness (QED) is 0.836. The monoisotopic (exact) mass is 269 g/mol. The Kier molecular flexibility index (Phi) is 4.44. The van der Waals surface area contributed by atoms with Crippen molar-refractivity contribution in [1.82, 2.24) is 10.3 Å². The molecule has 2 aromatic rings. The summed E-state index contributed by atoms with van der Waals surface area (Å²) in [7, 11) is 0. The van der Waals surface area contributed by atoms with Crippen molar-refractivity contribution in [2.24, 2.45) is 0 Å². The zero-order valence-corrected chi connectivity index (χ0v) is 11.0. The van der Waals surface area contributed by atoms with E-state index < -0.39 is 11.8 Å². The van der Waals surface area contributed by atoms with Crippen LogP contribution in [-0.4, -0.2) is 16.8 Å². The van der Waals surface area contributed by atoms with E-state index in [4.69, 9.17) is 0 Å². The van der Waals surface area contributed by atoms with Crippen molar-refractivity contribution in [2.75, 3.05) is 5.32 Å². The van der Waals surface area contributed by atoms with Gasteiger partial charge in [0.2, 0.25) is 0 Å². The van der Waals surface area contributed by atoms with E-state index in [1.165, 1.54) is 0 Å². The van der Waals surface area contributed by atoms with E-state index in [9.17, 15) is 9.59 Å². The highest BCUT2D eigenvalue weighted by molar-refractivity contribution is 6.39. The van der Waals surface area contributed by atoms with Crippen LogP contribution in [0.25, 0.3) is 0 Å². The van der Waals surface area contributed by atoms with Gasteiger partial charge < -0.3 is 10.6 Å². The minimum absolute atomic E-state index is 0.238. The first-order valence-electron chi connectivity index (χ1n) is 6.24. The number of hydrogen-bond acceptors (Lipinski definition) is 3. The largest absolute Gasteiger partial charge is 0.341 e. The van der Waals surface area contributed by atoms with Gasteiger partial charge >= 0.3 is 11.8 Å². The molecule has 5 nitrogen and oxygen atoms in total. The van der Waals surface area contributed by atoms with Gasteiger partial charge in [-0.2, -0.15) is 0 Å². The summed E-state index contributed by atoms with van der Waals surface area (Å²) in [5.41, 5.74) is 0.937. The SMILES string of the molecule is C[C@H](NC(=O)C(=O)Nc1ccccn1)c1ccccc1. The van der Waals surface area contributed by atoms with Crippen LogP contribution in [0.2, 0.25) is 0 Å². The highest BCUT2D eigenvalue weighted by atomic mass is 16.2. The van der Waals surface area contributed by atoms with Gasteiger partial charge in [0.15, 0.2) is 0 Å². The number of benzene rings is 1. The fraction of sp³-hybridized carbons (Fsp3) is 0.133. The molecule has 2 amide bonds. The van der Waals surface area contributed by atoms with Crippen LogP contribution in [0.1, 0.15) is 18.5 Å². The van der Waals surface area contributed by atoms with E-state index in [-0.39, 0.29) is 6.04 Å². The Hall–Kier alpha value is -2.69. The maximum Gasteiger partial charge on any atom is 0.314 e. The molecule has 1 heterocycles. The molecule has 0 radical (unpaired) electrons.